The number of rotatable bonds is 0. The first-order chi connectivity index (χ1) is 4.21. The second-order valence-electron chi connectivity index (χ2n) is 2.52. The van der Waals surface area contributed by atoms with E-state index in [9.17, 15) is 4.39 Å². The summed E-state index contributed by atoms with van der Waals surface area (Å²) in [6.07, 6.45) is 0. The summed E-state index contributed by atoms with van der Waals surface area (Å²) in [6.45, 7) is 2.83. The van der Waals surface area contributed by atoms with E-state index < -0.39 is 5.67 Å². The Bertz CT molecular complexity index is 83.1. The molecule has 0 aromatic heterocycles. The van der Waals surface area contributed by atoms with Gasteiger partial charge in [0.1, 0.15) is 0 Å². The van der Waals surface area contributed by atoms with Gasteiger partial charge in [0.15, 0.2) is 5.67 Å². The summed E-state index contributed by atoms with van der Waals surface area (Å²) in [5.74, 6) is 0. The lowest BCUT2D eigenvalue weighted by molar-refractivity contribution is 0.0289. The smallest absolute Gasteiger partial charge is 0.154 e. The van der Waals surface area contributed by atoms with Crippen LogP contribution in [0, 0.1) is 0 Å². The van der Waals surface area contributed by atoms with E-state index in [0.29, 0.717) is 13.2 Å². The number of halogens is 1. The van der Waals surface area contributed by atoms with Crippen molar-refractivity contribution in [3.63, 3.8) is 0 Å². The Labute approximate surface area is 54.0 Å². The van der Waals surface area contributed by atoms with Crippen LogP contribution in [0.25, 0.3) is 0 Å². The van der Waals surface area contributed by atoms with Crippen molar-refractivity contribution < 1.29 is 13.9 Å². The average molecular weight is 134 g/mol. The molecule has 0 amide bonds. The minimum absolute atomic E-state index is 0.160. The molecule has 0 aromatic carbocycles. The SMILES string of the molecule is CC1(F)COCCOC1. The summed E-state index contributed by atoms with van der Waals surface area (Å²) in [4.78, 5) is 0. The Balaban J connectivity index is 2.36. The highest BCUT2D eigenvalue weighted by molar-refractivity contribution is 4.72. The molecule has 0 N–H and O–H groups in total. The predicted molar refractivity (Wildman–Crippen MR) is 31.2 cm³/mol. The summed E-state index contributed by atoms with van der Waals surface area (Å²) in [7, 11) is 0. The number of hydrogen-bond acceptors (Lipinski definition) is 2. The Kier molecular flexibility index (Phi) is 2.03. The zero-order valence-electron chi connectivity index (χ0n) is 5.52. The van der Waals surface area contributed by atoms with Crippen molar-refractivity contribution in [1.29, 1.82) is 0 Å². The molecule has 0 unspecified atom stereocenters. The van der Waals surface area contributed by atoms with Gasteiger partial charge in [0.05, 0.1) is 26.4 Å². The highest BCUT2D eigenvalue weighted by atomic mass is 19.1. The van der Waals surface area contributed by atoms with Gasteiger partial charge in [0, 0.05) is 0 Å². The van der Waals surface area contributed by atoms with Gasteiger partial charge in [-0.2, -0.15) is 0 Å². The fourth-order valence-corrected chi connectivity index (χ4v) is 0.729. The fraction of sp³-hybridized carbons (Fsp3) is 1.00. The summed E-state index contributed by atoms with van der Waals surface area (Å²) in [5, 5.41) is 0. The Morgan fingerprint density at radius 2 is 1.67 bits per heavy atom. The van der Waals surface area contributed by atoms with E-state index >= 15 is 0 Å². The van der Waals surface area contributed by atoms with E-state index in [-0.39, 0.29) is 13.2 Å². The van der Waals surface area contributed by atoms with Crippen LogP contribution in [0.5, 0.6) is 0 Å². The van der Waals surface area contributed by atoms with Crippen LogP contribution in [0.1, 0.15) is 6.92 Å². The first-order valence-electron chi connectivity index (χ1n) is 3.05. The van der Waals surface area contributed by atoms with Crippen LogP contribution in [0.15, 0.2) is 0 Å². The van der Waals surface area contributed by atoms with Crippen molar-refractivity contribution in [2.45, 2.75) is 12.6 Å². The molecule has 0 bridgehead atoms. The molecule has 0 aliphatic carbocycles. The maximum absolute atomic E-state index is 12.9. The van der Waals surface area contributed by atoms with E-state index in [1.54, 1.807) is 0 Å². The van der Waals surface area contributed by atoms with Crippen LogP contribution in [-0.2, 0) is 9.47 Å². The van der Waals surface area contributed by atoms with E-state index in [0.717, 1.165) is 0 Å². The monoisotopic (exact) mass is 134 g/mol. The van der Waals surface area contributed by atoms with Gasteiger partial charge in [0.25, 0.3) is 0 Å². The number of ether oxygens (including phenoxy) is 2. The van der Waals surface area contributed by atoms with Gasteiger partial charge < -0.3 is 9.47 Å². The molecule has 3 heteroatoms. The summed E-state index contributed by atoms with van der Waals surface area (Å²) < 4.78 is 22.7. The van der Waals surface area contributed by atoms with E-state index in [2.05, 4.69) is 0 Å². The largest absolute Gasteiger partial charge is 0.376 e. The molecular formula is C6H11FO2. The summed E-state index contributed by atoms with van der Waals surface area (Å²) in [5.41, 5.74) is -1.28. The van der Waals surface area contributed by atoms with Crippen molar-refractivity contribution in [3.05, 3.63) is 0 Å². The standard InChI is InChI=1S/C6H11FO2/c1-6(7)4-8-2-3-9-5-6/h2-5H2,1H3. The van der Waals surface area contributed by atoms with E-state index in [4.69, 9.17) is 9.47 Å². The third-order valence-corrected chi connectivity index (χ3v) is 1.18. The highest BCUT2D eigenvalue weighted by Crippen LogP contribution is 2.12. The van der Waals surface area contributed by atoms with Gasteiger partial charge in [-0.1, -0.05) is 0 Å². The molecule has 0 atom stereocenters. The quantitative estimate of drug-likeness (QED) is 0.487. The van der Waals surface area contributed by atoms with Crippen molar-refractivity contribution in [2.75, 3.05) is 26.4 Å². The van der Waals surface area contributed by atoms with Crippen LogP contribution in [0.4, 0.5) is 4.39 Å². The lowest BCUT2D eigenvalue weighted by Crippen LogP contribution is -2.28. The van der Waals surface area contributed by atoms with Gasteiger partial charge in [-0.3, -0.25) is 0 Å². The molecule has 2 nitrogen and oxygen atoms in total. The number of hydrogen-bond donors (Lipinski definition) is 0. The lowest BCUT2D eigenvalue weighted by atomic mass is 10.2. The van der Waals surface area contributed by atoms with Crippen molar-refractivity contribution in [2.24, 2.45) is 0 Å². The second kappa shape index (κ2) is 2.62. The second-order valence-corrected chi connectivity index (χ2v) is 2.52. The molecule has 9 heavy (non-hydrogen) atoms. The molecule has 1 saturated heterocycles. The molecule has 1 fully saturated rings. The fourth-order valence-electron chi connectivity index (χ4n) is 0.729. The van der Waals surface area contributed by atoms with E-state index in [1.165, 1.54) is 6.92 Å². The molecular weight excluding hydrogens is 123 g/mol. The minimum atomic E-state index is -1.28. The van der Waals surface area contributed by atoms with E-state index in [1.807, 2.05) is 0 Å². The molecule has 1 aliphatic heterocycles. The zero-order valence-corrected chi connectivity index (χ0v) is 5.52. The molecule has 0 spiro atoms. The normalized spacial score (nSPS) is 27.3. The van der Waals surface area contributed by atoms with Gasteiger partial charge in [0.2, 0.25) is 0 Å². The topological polar surface area (TPSA) is 18.5 Å². The van der Waals surface area contributed by atoms with Crippen molar-refractivity contribution in [1.82, 2.24) is 0 Å². The summed E-state index contributed by atoms with van der Waals surface area (Å²) in [6, 6.07) is 0. The molecule has 0 saturated carbocycles. The highest BCUT2D eigenvalue weighted by Gasteiger charge is 2.25. The molecule has 54 valence electrons. The van der Waals surface area contributed by atoms with Gasteiger partial charge in [-0.25, -0.2) is 4.39 Å². The van der Waals surface area contributed by atoms with Gasteiger partial charge >= 0.3 is 0 Å². The maximum Gasteiger partial charge on any atom is 0.154 e. The van der Waals surface area contributed by atoms with Gasteiger partial charge in [-0.15, -0.1) is 0 Å². The first kappa shape index (κ1) is 6.96. The third kappa shape index (κ3) is 2.28. The predicted octanol–water partition coefficient (Wildman–Crippen LogP) is 0.761. The molecule has 1 heterocycles. The summed E-state index contributed by atoms with van der Waals surface area (Å²) >= 11 is 0. The number of alkyl halides is 1. The third-order valence-electron chi connectivity index (χ3n) is 1.18. The zero-order chi connectivity index (χ0) is 6.74. The molecule has 0 aromatic rings. The van der Waals surface area contributed by atoms with Crippen LogP contribution >= 0.6 is 0 Å². The van der Waals surface area contributed by atoms with Crippen LogP contribution in [0.2, 0.25) is 0 Å². The minimum Gasteiger partial charge on any atom is -0.376 e. The van der Waals surface area contributed by atoms with Crippen LogP contribution in [-0.4, -0.2) is 32.1 Å². The Hall–Kier alpha value is -0.150. The van der Waals surface area contributed by atoms with Crippen LogP contribution < -0.4 is 0 Å². The molecule has 0 radical (unpaired) electrons. The van der Waals surface area contributed by atoms with Crippen molar-refractivity contribution in [3.8, 4) is 0 Å². The average Bonchev–Trinajstić information content (AvgIpc) is 1.92. The Morgan fingerprint density at radius 1 is 1.22 bits per heavy atom. The van der Waals surface area contributed by atoms with Gasteiger partial charge in [-0.05, 0) is 6.92 Å². The maximum atomic E-state index is 12.9. The Morgan fingerprint density at radius 3 is 2.11 bits per heavy atom. The lowest BCUT2D eigenvalue weighted by Gasteiger charge is -2.14. The van der Waals surface area contributed by atoms with Crippen LogP contribution in [0.3, 0.4) is 0 Å². The van der Waals surface area contributed by atoms with Crippen molar-refractivity contribution >= 4 is 0 Å². The molecule has 1 rings (SSSR count). The first-order valence-corrected chi connectivity index (χ1v) is 3.05. The molecule has 1 aliphatic rings.